The normalized spacial score (nSPS) is 10.4. The maximum absolute atomic E-state index is 11.9. The fourth-order valence-electron chi connectivity index (χ4n) is 1.88. The van der Waals surface area contributed by atoms with E-state index in [1.807, 2.05) is 6.07 Å². The molecular weight excluding hydrogens is 302 g/mol. The standard InChI is InChI=1S/C15H11N3O3S/c19-8-10-4-6-11(7-5-10)21-9-14(20)16-12-2-1-3-13-15(12)18-22-17-13/h1-8H,9H2,(H,16,20). The average molecular weight is 313 g/mol. The summed E-state index contributed by atoms with van der Waals surface area (Å²) in [6, 6.07) is 11.9. The van der Waals surface area contributed by atoms with Crippen LogP contribution in [0.4, 0.5) is 5.69 Å². The number of carbonyl (C=O) groups is 2. The van der Waals surface area contributed by atoms with E-state index in [1.54, 1.807) is 36.4 Å². The van der Waals surface area contributed by atoms with Gasteiger partial charge in [0.05, 0.1) is 17.4 Å². The van der Waals surface area contributed by atoms with Gasteiger partial charge in [0.2, 0.25) is 0 Å². The molecule has 0 bridgehead atoms. The van der Waals surface area contributed by atoms with E-state index < -0.39 is 0 Å². The molecule has 0 aliphatic heterocycles. The molecule has 1 amide bonds. The Kier molecular flexibility index (Phi) is 4.06. The Bertz CT molecular complexity index is 814. The van der Waals surface area contributed by atoms with Crippen molar-refractivity contribution in [1.82, 2.24) is 8.75 Å². The minimum Gasteiger partial charge on any atom is -0.484 e. The fourth-order valence-corrected chi connectivity index (χ4v) is 2.43. The van der Waals surface area contributed by atoms with Crippen molar-refractivity contribution in [2.45, 2.75) is 0 Å². The number of fused-ring (bicyclic) bond motifs is 1. The molecule has 0 aliphatic rings. The van der Waals surface area contributed by atoms with Gasteiger partial charge in [-0.25, -0.2) is 0 Å². The van der Waals surface area contributed by atoms with E-state index in [4.69, 9.17) is 4.74 Å². The van der Waals surface area contributed by atoms with Gasteiger partial charge in [0.1, 0.15) is 23.1 Å². The van der Waals surface area contributed by atoms with E-state index in [-0.39, 0.29) is 12.5 Å². The van der Waals surface area contributed by atoms with Crippen LogP contribution in [0.2, 0.25) is 0 Å². The second-order valence-corrected chi connectivity index (χ2v) is 4.99. The lowest BCUT2D eigenvalue weighted by Gasteiger charge is -2.07. The number of anilines is 1. The number of nitrogens with zero attached hydrogens (tertiary/aromatic N) is 2. The van der Waals surface area contributed by atoms with Gasteiger partial charge in [0.15, 0.2) is 6.61 Å². The zero-order chi connectivity index (χ0) is 15.4. The van der Waals surface area contributed by atoms with Gasteiger partial charge in [-0.2, -0.15) is 8.75 Å². The summed E-state index contributed by atoms with van der Waals surface area (Å²) in [4.78, 5) is 22.5. The molecule has 0 saturated heterocycles. The van der Waals surface area contributed by atoms with Crippen molar-refractivity contribution in [3.63, 3.8) is 0 Å². The van der Waals surface area contributed by atoms with Gasteiger partial charge in [-0.15, -0.1) is 0 Å². The van der Waals surface area contributed by atoms with E-state index in [9.17, 15) is 9.59 Å². The molecule has 1 N–H and O–H groups in total. The molecule has 0 unspecified atom stereocenters. The van der Waals surface area contributed by atoms with Crippen molar-refractivity contribution in [2.24, 2.45) is 0 Å². The topological polar surface area (TPSA) is 81.2 Å². The number of ether oxygens (including phenoxy) is 1. The summed E-state index contributed by atoms with van der Waals surface area (Å²) in [6.07, 6.45) is 0.749. The number of amides is 1. The maximum atomic E-state index is 11.9. The number of rotatable bonds is 5. The minimum atomic E-state index is -0.292. The fraction of sp³-hybridized carbons (Fsp3) is 0.0667. The van der Waals surface area contributed by atoms with Crippen LogP contribution in [-0.4, -0.2) is 27.5 Å². The lowest BCUT2D eigenvalue weighted by molar-refractivity contribution is -0.118. The number of aromatic nitrogens is 2. The van der Waals surface area contributed by atoms with E-state index in [0.29, 0.717) is 22.5 Å². The molecule has 6 nitrogen and oxygen atoms in total. The second-order valence-electron chi connectivity index (χ2n) is 4.46. The number of carbonyl (C=O) groups excluding carboxylic acids is 2. The zero-order valence-electron chi connectivity index (χ0n) is 11.4. The van der Waals surface area contributed by atoms with Gasteiger partial charge in [-0.3, -0.25) is 9.59 Å². The van der Waals surface area contributed by atoms with Crippen molar-refractivity contribution >= 4 is 40.6 Å². The molecule has 0 radical (unpaired) electrons. The van der Waals surface area contributed by atoms with Gasteiger partial charge in [-0.05, 0) is 36.4 Å². The molecule has 2 aromatic carbocycles. The number of hydrogen-bond acceptors (Lipinski definition) is 6. The Hall–Kier alpha value is -2.80. The molecule has 0 fully saturated rings. The van der Waals surface area contributed by atoms with Crippen molar-refractivity contribution < 1.29 is 14.3 Å². The van der Waals surface area contributed by atoms with Crippen molar-refractivity contribution in [1.29, 1.82) is 0 Å². The van der Waals surface area contributed by atoms with Gasteiger partial charge in [0.25, 0.3) is 5.91 Å². The van der Waals surface area contributed by atoms with Crippen LogP contribution in [0.15, 0.2) is 42.5 Å². The van der Waals surface area contributed by atoms with Crippen LogP contribution in [0.5, 0.6) is 5.75 Å². The first-order valence-corrected chi connectivity index (χ1v) is 7.18. The predicted molar refractivity (Wildman–Crippen MR) is 83.4 cm³/mol. The molecule has 0 atom stereocenters. The SMILES string of the molecule is O=Cc1ccc(OCC(=O)Nc2cccc3nsnc23)cc1. The summed E-state index contributed by atoms with van der Waals surface area (Å²) in [5.41, 5.74) is 2.57. The Balaban J connectivity index is 1.62. The number of benzene rings is 2. The zero-order valence-corrected chi connectivity index (χ0v) is 12.2. The lowest BCUT2D eigenvalue weighted by Crippen LogP contribution is -2.20. The summed E-state index contributed by atoms with van der Waals surface area (Å²) in [5.74, 6) is 0.231. The van der Waals surface area contributed by atoms with Gasteiger partial charge < -0.3 is 10.1 Å². The number of nitrogens with one attached hydrogen (secondary N) is 1. The first kappa shape index (κ1) is 14.2. The first-order chi connectivity index (χ1) is 10.8. The predicted octanol–water partition coefficient (Wildman–Crippen LogP) is 2.52. The summed E-state index contributed by atoms with van der Waals surface area (Å²) in [5, 5.41) is 2.75. The number of hydrogen-bond donors (Lipinski definition) is 1. The van der Waals surface area contributed by atoms with Crippen LogP contribution in [0.1, 0.15) is 10.4 Å². The van der Waals surface area contributed by atoms with Crippen LogP contribution in [0.25, 0.3) is 11.0 Å². The second kappa shape index (κ2) is 6.31. The lowest BCUT2D eigenvalue weighted by atomic mass is 10.2. The molecule has 1 heterocycles. The van der Waals surface area contributed by atoms with E-state index in [1.165, 1.54) is 0 Å². The van der Waals surface area contributed by atoms with Crippen molar-refractivity contribution in [3.8, 4) is 5.75 Å². The Morgan fingerprint density at radius 3 is 2.77 bits per heavy atom. The van der Waals surface area contributed by atoms with E-state index in [0.717, 1.165) is 23.5 Å². The minimum absolute atomic E-state index is 0.131. The number of aldehydes is 1. The largest absolute Gasteiger partial charge is 0.484 e. The summed E-state index contributed by atoms with van der Waals surface area (Å²) in [7, 11) is 0. The van der Waals surface area contributed by atoms with Gasteiger partial charge in [0, 0.05) is 5.56 Å². The highest BCUT2D eigenvalue weighted by molar-refractivity contribution is 7.00. The van der Waals surface area contributed by atoms with Crippen LogP contribution < -0.4 is 10.1 Å². The molecule has 110 valence electrons. The van der Waals surface area contributed by atoms with Crippen molar-refractivity contribution in [3.05, 3.63) is 48.0 Å². The maximum Gasteiger partial charge on any atom is 0.262 e. The molecule has 0 aliphatic carbocycles. The molecule has 22 heavy (non-hydrogen) atoms. The van der Waals surface area contributed by atoms with Gasteiger partial charge in [-0.1, -0.05) is 6.07 Å². The smallest absolute Gasteiger partial charge is 0.262 e. The molecule has 1 aromatic heterocycles. The van der Waals surface area contributed by atoms with Crippen LogP contribution in [0.3, 0.4) is 0 Å². The van der Waals surface area contributed by atoms with Crippen LogP contribution in [0, 0.1) is 0 Å². The Morgan fingerprint density at radius 1 is 1.18 bits per heavy atom. The highest BCUT2D eigenvalue weighted by Crippen LogP contribution is 2.21. The van der Waals surface area contributed by atoms with Gasteiger partial charge >= 0.3 is 0 Å². The Labute approximate surface area is 130 Å². The summed E-state index contributed by atoms with van der Waals surface area (Å²) < 4.78 is 13.6. The van der Waals surface area contributed by atoms with E-state index >= 15 is 0 Å². The monoisotopic (exact) mass is 313 g/mol. The molecule has 7 heteroatoms. The quantitative estimate of drug-likeness (QED) is 0.732. The third-order valence-corrected chi connectivity index (χ3v) is 3.49. The summed E-state index contributed by atoms with van der Waals surface area (Å²) >= 11 is 1.10. The van der Waals surface area contributed by atoms with Crippen LogP contribution in [-0.2, 0) is 4.79 Å². The van der Waals surface area contributed by atoms with Crippen LogP contribution >= 0.6 is 11.7 Å². The van der Waals surface area contributed by atoms with Crippen molar-refractivity contribution in [2.75, 3.05) is 11.9 Å². The molecule has 3 rings (SSSR count). The third-order valence-electron chi connectivity index (χ3n) is 2.95. The molecule has 0 spiro atoms. The third kappa shape index (κ3) is 3.09. The highest BCUT2D eigenvalue weighted by Gasteiger charge is 2.09. The summed E-state index contributed by atoms with van der Waals surface area (Å²) in [6.45, 7) is -0.131. The first-order valence-electron chi connectivity index (χ1n) is 6.45. The molecule has 3 aromatic rings. The highest BCUT2D eigenvalue weighted by atomic mass is 32.1. The Morgan fingerprint density at radius 2 is 2.00 bits per heavy atom. The van der Waals surface area contributed by atoms with E-state index in [2.05, 4.69) is 14.1 Å². The average Bonchev–Trinajstić information content (AvgIpc) is 3.03. The molecule has 0 saturated carbocycles. The molecular formula is C15H11N3O3S.